The van der Waals surface area contributed by atoms with Gasteiger partial charge in [-0.25, -0.2) is 0 Å². The average Bonchev–Trinajstić information content (AvgIpc) is 1.98. The molecule has 9 heavy (non-hydrogen) atoms. The highest BCUT2D eigenvalue weighted by Crippen LogP contribution is 2.04. The third-order valence-corrected chi connectivity index (χ3v) is 1.36. The predicted molar refractivity (Wildman–Crippen MR) is 34.1 cm³/mol. The van der Waals surface area contributed by atoms with Gasteiger partial charge in [-0.1, -0.05) is 0 Å². The fourth-order valence-electron chi connectivity index (χ4n) is 0.643. The number of rotatable bonds is 0. The first-order valence-corrected chi connectivity index (χ1v) is 2.62. The monoisotopic (exact) mass is 129 g/mol. The van der Waals surface area contributed by atoms with Crippen molar-refractivity contribution in [3.63, 3.8) is 0 Å². The lowest BCUT2D eigenvalue weighted by molar-refractivity contribution is 0.0510. The fourth-order valence-corrected chi connectivity index (χ4v) is 0.643. The van der Waals surface area contributed by atoms with Crippen molar-refractivity contribution in [2.45, 2.75) is 0 Å². The normalized spacial score (nSPS) is 20.9. The summed E-state index contributed by atoms with van der Waals surface area (Å²) in [4.78, 5) is 0. The van der Waals surface area contributed by atoms with Crippen LogP contribution in [0.25, 0.3) is 0 Å². The Balaban J connectivity index is 2.74. The van der Waals surface area contributed by atoms with E-state index in [1.807, 2.05) is 14.1 Å². The smallest absolute Gasteiger partial charge is 0.157 e. The Hall–Kier alpha value is -1.10. The lowest BCUT2D eigenvalue weighted by Gasteiger charge is -2.20. The van der Waals surface area contributed by atoms with E-state index in [1.165, 1.54) is 0 Å². The first kappa shape index (κ1) is 6.03. The number of hydrazine groups is 2. The molecule has 5 nitrogen and oxygen atoms in total. The Kier molecular flexibility index (Phi) is 1.14. The van der Waals surface area contributed by atoms with Crippen molar-refractivity contribution in [1.29, 1.82) is 0 Å². The van der Waals surface area contributed by atoms with E-state index in [4.69, 9.17) is 11.5 Å². The molecule has 1 aliphatic rings. The molecule has 52 valence electrons. The van der Waals surface area contributed by atoms with Gasteiger partial charge in [0.1, 0.15) is 0 Å². The maximum Gasteiger partial charge on any atom is 0.157 e. The van der Waals surface area contributed by atoms with Gasteiger partial charge < -0.3 is 11.5 Å². The molecule has 5 heteroatoms. The quantitative estimate of drug-likeness (QED) is 0.365. The average molecular weight is 129 g/mol. The second-order valence-electron chi connectivity index (χ2n) is 1.96. The molecule has 0 fully saturated rings. The van der Waals surface area contributed by atoms with E-state index >= 15 is 0 Å². The van der Waals surface area contributed by atoms with E-state index in [-0.39, 0.29) is 0 Å². The van der Waals surface area contributed by atoms with Crippen molar-refractivity contribution in [2.24, 2.45) is 11.5 Å². The molecule has 0 aromatic carbocycles. The van der Waals surface area contributed by atoms with Crippen LogP contribution in [-0.2, 0) is 0 Å². The van der Waals surface area contributed by atoms with Crippen LogP contribution in [0, 0.1) is 0 Å². The second-order valence-corrected chi connectivity index (χ2v) is 1.96. The molecule has 0 radical (unpaired) electrons. The van der Waals surface area contributed by atoms with Crippen molar-refractivity contribution >= 4 is 0 Å². The number of nitrogens with two attached hydrogens (primary N) is 2. The van der Waals surface area contributed by atoms with Crippen LogP contribution in [0.5, 0.6) is 0 Å². The molecule has 0 spiro atoms. The topological polar surface area (TPSA) is 70.5 Å². The fraction of sp³-hybridized carbons (Fsp3) is 0.500. The van der Waals surface area contributed by atoms with Crippen LogP contribution < -0.4 is 16.9 Å². The van der Waals surface area contributed by atoms with Crippen molar-refractivity contribution in [2.75, 3.05) is 14.1 Å². The maximum absolute atomic E-state index is 5.49. The van der Waals surface area contributed by atoms with Crippen molar-refractivity contribution in [3.8, 4) is 0 Å². The highest BCUT2D eigenvalue weighted by molar-refractivity contribution is 5.06. The molecule has 0 amide bonds. The molecule has 0 saturated carbocycles. The van der Waals surface area contributed by atoms with Crippen LogP contribution in [0.4, 0.5) is 0 Å². The van der Waals surface area contributed by atoms with E-state index < -0.39 is 0 Å². The van der Waals surface area contributed by atoms with Crippen molar-refractivity contribution in [1.82, 2.24) is 15.6 Å². The largest absolute Gasteiger partial charge is 0.381 e. The molecule has 0 unspecified atom stereocenters. The van der Waals surface area contributed by atoms with E-state index in [2.05, 4.69) is 5.43 Å². The van der Waals surface area contributed by atoms with Gasteiger partial charge in [-0.3, -0.25) is 10.4 Å². The third-order valence-electron chi connectivity index (χ3n) is 1.36. The van der Waals surface area contributed by atoms with Gasteiger partial charge in [0, 0.05) is 14.1 Å². The predicted octanol–water partition coefficient (Wildman–Crippen LogP) is -1.67. The van der Waals surface area contributed by atoms with Gasteiger partial charge in [0.15, 0.2) is 11.6 Å². The Morgan fingerprint density at radius 3 is 2.00 bits per heavy atom. The zero-order valence-corrected chi connectivity index (χ0v) is 5.55. The Bertz CT molecular complexity index is 151. The number of hydrogen-bond acceptors (Lipinski definition) is 5. The highest BCUT2D eigenvalue weighted by Gasteiger charge is 2.17. The first-order valence-electron chi connectivity index (χ1n) is 2.62. The molecule has 0 aromatic rings. The molecule has 1 rings (SSSR count). The van der Waals surface area contributed by atoms with Crippen molar-refractivity contribution in [3.05, 3.63) is 11.6 Å². The summed E-state index contributed by atoms with van der Waals surface area (Å²) in [6, 6.07) is 0. The third kappa shape index (κ3) is 0.746. The van der Waals surface area contributed by atoms with Gasteiger partial charge in [-0.05, 0) is 0 Å². The van der Waals surface area contributed by atoms with Gasteiger partial charge >= 0.3 is 0 Å². The molecule has 0 aliphatic carbocycles. The lowest BCUT2D eigenvalue weighted by Crippen LogP contribution is -2.38. The standard InChI is InChI=1S/C4H11N5/c1-8-4(6)3(5)7-9(8)2/h7H,5-6H2,1-2H3. The summed E-state index contributed by atoms with van der Waals surface area (Å²) in [5, 5.41) is 3.42. The summed E-state index contributed by atoms with van der Waals surface area (Å²) in [5.74, 6) is 1.05. The summed E-state index contributed by atoms with van der Waals surface area (Å²) in [6.45, 7) is 0. The summed E-state index contributed by atoms with van der Waals surface area (Å²) < 4.78 is 0. The van der Waals surface area contributed by atoms with Crippen LogP contribution in [0.1, 0.15) is 0 Å². The number of hydrogen-bond donors (Lipinski definition) is 3. The lowest BCUT2D eigenvalue weighted by atomic mass is 10.7. The van der Waals surface area contributed by atoms with Gasteiger partial charge in [0.05, 0.1) is 0 Å². The maximum atomic E-state index is 5.49. The Labute approximate surface area is 53.8 Å². The molecule has 1 heterocycles. The molecular weight excluding hydrogens is 118 g/mol. The Morgan fingerprint density at radius 1 is 1.33 bits per heavy atom. The highest BCUT2D eigenvalue weighted by atomic mass is 15.8. The summed E-state index contributed by atoms with van der Waals surface area (Å²) in [7, 11) is 3.65. The van der Waals surface area contributed by atoms with Gasteiger partial charge in [0.25, 0.3) is 0 Å². The van der Waals surface area contributed by atoms with Crippen LogP contribution >= 0.6 is 0 Å². The molecule has 0 atom stereocenters. The van der Waals surface area contributed by atoms with E-state index in [0.717, 1.165) is 0 Å². The second kappa shape index (κ2) is 1.70. The molecule has 5 N–H and O–H groups in total. The van der Waals surface area contributed by atoms with Crippen LogP contribution in [-0.4, -0.2) is 24.2 Å². The molecule has 0 aromatic heterocycles. The van der Waals surface area contributed by atoms with Crippen LogP contribution in [0.3, 0.4) is 0 Å². The van der Waals surface area contributed by atoms with Crippen LogP contribution in [0.2, 0.25) is 0 Å². The molecular formula is C4H11N5. The van der Waals surface area contributed by atoms with Crippen LogP contribution in [0.15, 0.2) is 11.6 Å². The van der Waals surface area contributed by atoms with Gasteiger partial charge in [0.2, 0.25) is 0 Å². The molecule has 0 bridgehead atoms. The zero-order valence-electron chi connectivity index (χ0n) is 5.55. The minimum Gasteiger partial charge on any atom is -0.381 e. The summed E-state index contributed by atoms with van der Waals surface area (Å²) in [5.41, 5.74) is 13.7. The van der Waals surface area contributed by atoms with Crippen molar-refractivity contribution < 1.29 is 0 Å². The molecule has 1 aliphatic heterocycles. The number of nitrogens with one attached hydrogen (secondary N) is 1. The SMILES string of the molecule is CN1NC(N)=C(N)N1C. The first-order chi connectivity index (χ1) is 4.13. The number of nitrogens with zero attached hydrogens (tertiary/aromatic N) is 2. The minimum absolute atomic E-state index is 0.500. The van der Waals surface area contributed by atoms with E-state index in [1.54, 1.807) is 10.1 Å². The van der Waals surface area contributed by atoms with E-state index in [9.17, 15) is 0 Å². The zero-order chi connectivity index (χ0) is 7.02. The summed E-state index contributed by atoms with van der Waals surface area (Å²) in [6.07, 6.45) is 0. The minimum atomic E-state index is 0.500. The summed E-state index contributed by atoms with van der Waals surface area (Å²) >= 11 is 0. The van der Waals surface area contributed by atoms with Gasteiger partial charge in [-0.15, -0.1) is 5.12 Å². The van der Waals surface area contributed by atoms with Gasteiger partial charge in [-0.2, -0.15) is 0 Å². The van der Waals surface area contributed by atoms with E-state index in [0.29, 0.717) is 11.6 Å². The molecule has 0 saturated heterocycles. The Morgan fingerprint density at radius 2 is 1.89 bits per heavy atom.